The molecule has 5 heterocycles. The minimum absolute atomic E-state index is 0.0625. The van der Waals surface area contributed by atoms with E-state index in [0.717, 1.165) is 115 Å². The number of fused-ring (bicyclic) bond motifs is 3. The molecule has 8 aromatic rings. The fraction of sp³-hybridized carbons (Fsp3) is 0.283. The van der Waals surface area contributed by atoms with Crippen molar-refractivity contribution in [3.05, 3.63) is 189 Å². The van der Waals surface area contributed by atoms with Crippen molar-refractivity contribution in [2.75, 3.05) is 65.4 Å². The Kier molecular flexibility index (Phi) is 29.8. The van der Waals surface area contributed by atoms with E-state index in [1.54, 1.807) is 24.8 Å². The fourth-order valence-corrected chi connectivity index (χ4v) is 10.7. The van der Waals surface area contributed by atoms with Crippen molar-refractivity contribution in [1.82, 2.24) is 46.1 Å². The smallest absolute Gasteiger partial charge is 0.171 e. The highest BCUT2D eigenvalue weighted by molar-refractivity contribution is 8.10. The van der Waals surface area contributed by atoms with Gasteiger partial charge in [-0.05, 0) is 103 Å². The molecule has 0 atom stereocenters. The number of benzene rings is 4. The van der Waals surface area contributed by atoms with Crippen LogP contribution in [0.2, 0.25) is 0 Å². The van der Waals surface area contributed by atoms with Gasteiger partial charge in [-0.1, -0.05) is 140 Å². The summed E-state index contributed by atoms with van der Waals surface area (Å²) in [5.74, 6) is -0.125. The van der Waals surface area contributed by atoms with Crippen molar-refractivity contribution in [3.63, 3.8) is 0 Å². The molecule has 0 amide bonds. The van der Waals surface area contributed by atoms with Crippen LogP contribution in [0.3, 0.4) is 0 Å². The number of aromatic nitrogens is 4. The third-order valence-electron chi connectivity index (χ3n) is 11.2. The molecule has 4 aromatic heterocycles. The SMILES string of the molecule is C1CNCCNCCCNCCNC1.CC(=O)CC(C)=O.CCN(CC)C(=S)S.O=P(c1ccccc1)(c1ccccc1)c1ccccc1.c1ccc(-c2ccccn2)nc1.c1cnc2c(c1)ccc1cccnc12. The topological polar surface area (TPSA) is 154 Å². The van der Waals surface area contributed by atoms with Gasteiger partial charge in [-0.2, -0.15) is 0 Å². The molecule has 1 saturated heterocycles. The zero-order valence-electron chi connectivity index (χ0n) is 43.9. The monoisotopic (exact) mass is 1060 g/mol. The van der Waals surface area contributed by atoms with Gasteiger partial charge in [-0.25, -0.2) is 0 Å². The van der Waals surface area contributed by atoms with E-state index in [0.29, 0.717) is 4.32 Å². The Balaban J connectivity index is 0.000000201. The summed E-state index contributed by atoms with van der Waals surface area (Å²) in [5.41, 5.74) is 3.78. The van der Waals surface area contributed by atoms with Crippen molar-refractivity contribution in [2.45, 2.75) is 47.0 Å². The number of carbonyl (C=O) groups is 2. The third kappa shape index (κ3) is 23.0. The van der Waals surface area contributed by atoms with Crippen molar-refractivity contribution in [1.29, 1.82) is 0 Å². The molecular formula is C60H74N9O3PS2. The lowest BCUT2D eigenvalue weighted by Crippen LogP contribution is -2.34. The van der Waals surface area contributed by atoms with Gasteiger partial charge in [-0.3, -0.25) is 29.5 Å². The predicted octanol–water partition coefficient (Wildman–Crippen LogP) is 9.49. The third-order valence-corrected chi connectivity index (χ3v) is 14.8. The van der Waals surface area contributed by atoms with E-state index in [2.05, 4.69) is 91.9 Å². The second-order valence-corrected chi connectivity index (χ2v) is 20.9. The molecule has 0 aliphatic carbocycles. The highest BCUT2D eigenvalue weighted by Gasteiger charge is 2.29. The number of hydrogen-bond donors (Lipinski definition) is 5. The molecule has 75 heavy (non-hydrogen) atoms. The Labute approximate surface area is 455 Å². The number of carbonyl (C=O) groups excluding carboxylic acids is 2. The number of hydrogen-bond acceptors (Lipinski definition) is 12. The molecule has 0 bridgehead atoms. The summed E-state index contributed by atoms with van der Waals surface area (Å²) in [5, 5.41) is 18.6. The van der Waals surface area contributed by atoms with Crippen LogP contribution >= 0.6 is 32.0 Å². The average molecular weight is 1060 g/mol. The zero-order valence-corrected chi connectivity index (χ0v) is 46.5. The Morgan fingerprint density at radius 3 is 1.08 bits per heavy atom. The molecular weight excluding hydrogens is 990 g/mol. The number of ketones is 2. The van der Waals surface area contributed by atoms with Crippen LogP contribution in [0.4, 0.5) is 0 Å². The number of thiol groups is 1. The quantitative estimate of drug-likeness (QED) is 0.0323. The van der Waals surface area contributed by atoms with Crippen LogP contribution in [0.1, 0.15) is 47.0 Å². The van der Waals surface area contributed by atoms with Crippen LogP contribution in [0.15, 0.2) is 189 Å². The number of pyridine rings is 4. The van der Waals surface area contributed by atoms with Gasteiger partial charge in [0.15, 0.2) is 7.14 Å². The number of thiocarbonyl (C=S) groups is 1. The highest BCUT2D eigenvalue weighted by Crippen LogP contribution is 2.42. The van der Waals surface area contributed by atoms with Gasteiger partial charge in [0.25, 0.3) is 0 Å². The van der Waals surface area contributed by atoms with Gasteiger partial charge in [0.05, 0.1) is 28.8 Å². The van der Waals surface area contributed by atoms with Gasteiger partial charge >= 0.3 is 0 Å². The van der Waals surface area contributed by atoms with E-state index in [9.17, 15) is 14.2 Å². The first kappa shape index (κ1) is 61.2. The predicted molar refractivity (Wildman–Crippen MR) is 322 cm³/mol. The molecule has 1 aliphatic rings. The molecule has 1 fully saturated rings. The molecule has 15 heteroatoms. The maximum absolute atomic E-state index is 13.8. The van der Waals surface area contributed by atoms with Gasteiger partial charge in [0.1, 0.15) is 15.9 Å². The van der Waals surface area contributed by atoms with Gasteiger partial charge in [-0.15, -0.1) is 12.6 Å². The lowest BCUT2D eigenvalue weighted by atomic mass is 10.1. The molecule has 4 aromatic carbocycles. The molecule has 4 N–H and O–H groups in total. The average Bonchev–Trinajstić information content (AvgIpc) is 3.45. The van der Waals surface area contributed by atoms with Crippen LogP contribution in [-0.4, -0.2) is 106 Å². The Morgan fingerprint density at radius 1 is 0.480 bits per heavy atom. The fourth-order valence-electron chi connectivity index (χ4n) is 7.44. The lowest BCUT2D eigenvalue weighted by molar-refractivity contribution is -0.124. The number of nitrogens with one attached hydrogen (secondary N) is 4. The van der Waals surface area contributed by atoms with Crippen molar-refractivity contribution >= 4 is 85.6 Å². The maximum atomic E-state index is 13.8. The lowest BCUT2D eigenvalue weighted by Gasteiger charge is -2.19. The van der Waals surface area contributed by atoms with Gasteiger partial charge < -0.3 is 30.7 Å². The van der Waals surface area contributed by atoms with E-state index in [1.165, 1.54) is 26.7 Å². The molecule has 0 unspecified atom stereocenters. The number of nitrogens with zero attached hydrogens (tertiary/aromatic N) is 5. The second kappa shape index (κ2) is 36.6. The van der Waals surface area contributed by atoms with E-state index < -0.39 is 7.14 Å². The van der Waals surface area contributed by atoms with E-state index >= 15 is 0 Å². The number of Topliss-reactive ketones (excluding diaryl/α,β-unsaturated/α-hetero) is 2. The van der Waals surface area contributed by atoms with E-state index in [-0.39, 0.29) is 18.0 Å². The summed E-state index contributed by atoms with van der Waals surface area (Å²) in [4.78, 5) is 39.1. The normalized spacial score (nSPS) is 12.8. The molecule has 394 valence electrons. The summed E-state index contributed by atoms with van der Waals surface area (Å²) < 4.78 is 14.5. The second-order valence-electron chi connectivity index (χ2n) is 17.0. The zero-order chi connectivity index (χ0) is 53.8. The summed E-state index contributed by atoms with van der Waals surface area (Å²) in [6.07, 6.45) is 9.67. The summed E-state index contributed by atoms with van der Waals surface area (Å²) in [6.45, 7) is 17.7. The van der Waals surface area contributed by atoms with Crippen molar-refractivity contribution < 1.29 is 14.2 Å². The Bertz CT molecular complexity index is 2610. The van der Waals surface area contributed by atoms with Crippen molar-refractivity contribution in [2.24, 2.45) is 0 Å². The van der Waals surface area contributed by atoms with Crippen molar-refractivity contribution in [3.8, 4) is 11.4 Å². The van der Waals surface area contributed by atoms with E-state index in [1.807, 2.05) is 144 Å². The Morgan fingerprint density at radius 2 is 0.813 bits per heavy atom. The minimum Gasteiger partial charge on any atom is -0.358 e. The van der Waals surface area contributed by atoms with Gasteiger partial charge in [0.2, 0.25) is 0 Å². The molecule has 0 radical (unpaired) electrons. The summed E-state index contributed by atoms with van der Waals surface area (Å²) >= 11 is 8.82. The summed E-state index contributed by atoms with van der Waals surface area (Å²) in [7, 11) is -2.78. The molecule has 0 spiro atoms. The first-order valence-corrected chi connectivity index (χ1v) is 28.1. The van der Waals surface area contributed by atoms with Crippen LogP contribution in [0, 0.1) is 0 Å². The highest BCUT2D eigenvalue weighted by atomic mass is 32.1. The molecule has 12 nitrogen and oxygen atoms in total. The Hall–Kier alpha value is -6.35. The standard InChI is InChI=1S/C18H15OP.C12H8N2.C10H24N4.C10H8N2.C5H11NS2.C5H8O2/c19-20(16-10-4-1-5-11-16,17-12-6-2-7-13-17)18-14-8-3-9-15-18;1-3-9-5-6-10-4-2-8-14-12(10)11(9)13-7-1;1-3-11-7-9-13-5-2-6-14-10-8-12-4-1;1-3-7-11-9(5-1)10-6-2-4-8-12-10;1-3-6(4-2)5(7)8;1-4(6)3-5(2)7/h1-15H;1-8H;11-14H,1-10H2;1-8H;3-4H2,1-2H3,(H,7,8);3H2,1-2H3. The minimum atomic E-state index is -2.78. The molecule has 1 aliphatic heterocycles. The van der Waals surface area contributed by atoms with E-state index in [4.69, 9.17) is 12.2 Å². The van der Waals surface area contributed by atoms with Gasteiger partial charge in [0, 0.05) is 90.7 Å². The molecule has 0 saturated carbocycles. The molecule has 9 rings (SSSR count). The largest absolute Gasteiger partial charge is 0.358 e. The first-order valence-electron chi connectivity index (χ1n) is 25.6. The maximum Gasteiger partial charge on any atom is 0.171 e. The van der Waals surface area contributed by atoms with Crippen LogP contribution in [0.25, 0.3) is 33.2 Å². The van der Waals surface area contributed by atoms with Crippen LogP contribution in [0.5, 0.6) is 0 Å². The van der Waals surface area contributed by atoms with Crippen LogP contribution in [-0.2, 0) is 14.2 Å². The summed E-state index contributed by atoms with van der Waals surface area (Å²) in [6, 6.07) is 52.9. The number of rotatable bonds is 8. The first-order chi connectivity index (χ1) is 36.6. The van der Waals surface area contributed by atoms with Crippen LogP contribution < -0.4 is 37.2 Å².